The molecule has 0 amide bonds. The SMILES string of the molecule is CN(CCCSSC1=[N+]=CC=C1)P(=O)(CC(=O)O)CC(=O)O. The number of hydrogen-bond donors (Lipinski definition) is 2. The third-order valence-corrected chi connectivity index (χ3v) is 8.09. The van der Waals surface area contributed by atoms with Crippen LogP contribution < -0.4 is 4.67 Å². The van der Waals surface area contributed by atoms with E-state index in [1.54, 1.807) is 17.0 Å². The number of carboxylic acids is 2. The second kappa shape index (κ2) is 9.22. The number of aliphatic carboxylic acids is 2. The first-order chi connectivity index (χ1) is 10.3. The highest BCUT2D eigenvalue weighted by Crippen LogP contribution is 2.48. The maximum atomic E-state index is 12.5. The fourth-order valence-corrected chi connectivity index (χ4v) is 5.59. The van der Waals surface area contributed by atoms with Gasteiger partial charge in [0.1, 0.15) is 12.3 Å². The second-order valence-corrected chi connectivity index (χ2v) is 10.0. The first kappa shape index (κ1) is 19.1. The van der Waals surface area contributed by atoms with Crippen LogP contribution in [0.15, 0.2) is 12.2 Å². The maximum Gasteiger partial charge on any atom is 0.371 e. The molecule has 0 atom stereocenters. The molecule has 0 aliphatic carbocycles. The third kappa shape index (κ3) is 6.85. The second-order valence-electron chi connectivity index (χ2n) is 4.57. The Bertz CT molecular complexity index is 552. The molecule has 0 unspecified atom stereocenters. The van der Waals surface area contributed by atoms with E-state index in [-0.39, 0.29) is 0 Å². The van der Waals surface area contributed by atoms with E-state index in [1.165, 1.54) is 22.5 Å². The first-order valence-corrected chi connectivity index (χ1v) is 10.8. The Hall–Kier alpha value is -0.980. The number of nitrogens with zero attached hydrogens (tertiary/aromatic N) is 2. The number of hydrogen-bond acceptors (Lipinski definition) is 5. The monoisotopic (exact) mass is 365 g/mol. The van der Waals surface area contributed by atoms with E-state index in [1.807, 2.05) is 12.2 Å². The van der Waals surface area contributed by atoms with Gasteiger partial charge in [0.25, 0.3) is 6.21 Å². The molecule has 1 heterocycles. The molecule has 22 heavy (non-hydrogen) atoms. The minimum Gasteiger partial charge on any atom is -0.481 e. The Balaban J connectivity index is 2.39. The van der Waals surface area contributed by atoms with Crippen molar-refractivity contribution in [3.8, 4) is 0 Å². The van der Waals surface area contributed by atoms with Crippen molar-refractivity contribution < 1.29 is 24.4 Å². The van der Waals surface area contributed by atoms with E-state index < -0.39 is 31.6 Å². The van der Waals surface area contributed by atoms with Crippen LogP contribution in [0.2, 0.25) is 0 Å². The molecule has 0 radical (unpaired) electrons. The van der Waals surface area contributed by atoms with Crippen molar-refractivity contribution in [3.05, 3.63) is 12.2 Å². The fraction of sp³-hybridized carbons (Fsp3) is 0.500. The van der Waals surface area contributed by atoms with Gasteiger partial charge in [-0.15, -0.1) is 0 Å². The Labute approximate surface area is 136 Å². The van der Waals surface area contributed by atoms with Crippen LogP contribution in [0.5, 0.6) is 0 Å². The zero-order valence-corrected chi connectivity index (χ0v) is 14.6. The largest absolute Gasteiger partial charge is 0.481 e. The number of carboxylic acid groups (broad SMARTS) is 2. The summed E-state index contributed by atoms with van der Waals surface area (Å²) in [5.41, 5.74) is 0. The lowest BCUT2D eigenvalue weighted by molar-refractivity contribution is -0.134. The molecule has 0 saturated carbocycles. The van der Waals surface area contributed by atoms with Crippen molar-refractivity contribution in [2.45, 2.75) is 6.42 Å². The van der Waals surface area contributed by atoms with Gasteiger partial charge < -0.3 is 14.8 Å². The van der Waals surface area contributed by atoms with Gasteiger partial charge >= 0.3 is 17.0 Å². The van der Waals surface area contributed by atoms with Crippen LogP contribution in [-0.4, -0.2) is 69.7 Å². The van der Waals surface area contributed by atoms with Crippen LogP contribution in [-0.2, 0) is 14.2 Å². The highest BCUT2D eigenvalue weighted by molar-refractivity contribution is 8.82. The van der Waals surface area contributed by atoms with Gasteiger partial charge in [0.15, 0.2) is 7.29 Å². The molecule has 0 saturated heterocycles. The zero-order chi connectivity index (χ0) is 16.6. The Kier molecular flexibility index (Phi) is 8.00. The third-order valence-electron chi connectivity index (χ3n) is 2.77. The molecule has 1 aliphatic rings. The van der Waals surface area contributed by atoms with Gasteiger partial charge in [-0.05, 0) is 13.5 Å². The average Bonchev–Trinajstić information content (AvgIpc) is 2.89. The molecular formula is C12H18N2O5PS2+. The summed E-state index contributed by atoms with van der Waals surface area (Å²) in [7, 11) is 1.24. The maximum absolute atomic E-state index is 12.5. The summed E-state index contributed by atoms with van der Waals surface area (Å²) in [6.07, 6.45) is 4.88. The summed E-state index contributed by atoms with van der Waals surface area (Å²) in [4.78, 5) is 21.6. The summed E-state index contributed by atoms with van der Waals surface area (Å²) in [5.74, 6) is -1.73. The van der Waals surface area contributed by atoms with E-state index >= 15 is 0 Å². The lowest BCUT2D eigenvalue weighted by Gasteiger charge is -2.25. The van der Waals surface area contributed by atoms with Crippen molar-refractivity contribution >= 4 is 52.1 Å². The van der Waals surface area contributed by atoms with Crippen LogP contribution in [0.4, 0.5) is 0 Å². The molecule has 1 aliphatic heterocycles. The van der Waals surface area contributed by atoms with Gasteiger partial charge in [0.05, 0.1) is 0 Å². The molecule has 0 bridgehead atoms. The lowest BCUT2D eigenvalue weighted by atomic mass is 10.5. The molecule has 0 aromatic rings. The molecule has 10 heteroatoms. The molecule has 2 N–H and O–H groups in total. The van der Waals surface area contributed by atoms with E-state index in [0.29, 0.717) is 13.0 Å². The summed E-state index contributed by atoms with van der Waals surface area (Å²) in [6.45, 7) is 0.389. The number of allylic oxidation sites excluding steroid dienone is 1. The van der Waals surface area contributed by atoms with Gasteiger partial charge in [0, 0.05) is 35.2 Å². The molecular weight excluding hydrogens is 347 g/mol. The van der Waals surface area contributed by atoms with Crippen molar-refractivity contribution in [1.29, 1.82) is 0 Å². The smallest absolute Gasteiger partial charge is 0.371 e. The summed E-state index contributed by atoms with van der Waals surface area (Å²) in [6, 6.07) is 0. The molecule has 0 aromatic heterocycles. The predicted octanol–water partition coefficient (Wildman–Crippen LogP) is 1.24. The van der Waals surface area contributed by atoms with Crippen molar-refractivity contribution in [2.75, 3.05) is 31.7 Å². The summed E-state index contributed by atoms with van der Waals surface area (Å²) < 4.78 is 18.0. The molecule has 1 rings (SSSR count). The standard InChI is InChI=1S/C12H17N2O5PS2/c1-14(20(19,8-11(15)16)9-12(17)18)6-3-7-21-22-10-4-2-5-13-10/h2,4-5H,3,6-9H2,1H3,(H-,15,16,17,18)/p+1. The van der Waals surface area contributed by atoms with Gasteiger partial charge in [-0.2, -0.15) is 0 Å². The minimum absolute atomic E-state index is 0.389. The normalized spacial score (nSPS) is 13.6. The highest BCUT2D eigenvalue weighted by Gasteiger charge is 2.33. The molecule has 122 valence electrons. The Morgan fingerprint density at radius 2 is 1.95 bits per heavy atom. The van der Waals surface area contributed by atoms with E-state index in [9.17, 15) is 14.2 Å². The zero-order valence-electron chi connectivity index (χ0n) is 12.0. The summed E-state index contributed by atoms with van der Waals surface area (Å²) in [5, 5.41) is 18.6. The lowest BCUT2D eigenvalue weighted by Crippen LogP contribution is -2.26. The van der Waals surface area contributed by atoms with Crippen LogP contribution >= 0.6 is 28.9 Å². The minimum atomic E-state index is -3.41. The first-order valence-electron chi connectivity index (χ1n) is 6.44. The highest BCUT2D eigenvalue weighted by atomic mass is 33.1. The molecule has 7 nitrogen and oxygen atoms in total. The average molecular weight is 365 g/mol. The summed E-state index contributed by atoms with van der Waals surface area (Å²) >= 11 is 0. The van der Waals surface area contributed by atoms with Crippen molar-refractivity contribution in [1.82, 2.24) is 9.34 Å². The molecule has 0 spiro atoms. The van der Waals surface area contributed by atoms with Crippen molar-refractivity contribution in [2.24, 2.45) is 0 Å². The van der Waals surface area contributed by atoms with E-state index in [4.69, 9.17) is 10.2 Å². The van der Waals surface area contributed by atoms with Gasteiger partial charge in [0.2, 0.25) is 0 Å². The van der Waals surface area contributed by atoms with E-state index in [0.717, 1.165) is 10.8 Å². The van der Waals surface area contributed by atoms with Gasteiger partial charge in [-0.3, -0.25) is 14.3 Å². The van der Waals surface area contributed by atoms with E-state index in [2.05, 4.69) is 4.67 Å². The van der Waals surface area contributed by atoms with Crippen LogP contribution in [0.1, 0.15) is 6.42 Å². The Morgan fingerprint density at radius 3 is 2.45 bits per heavy atom. The topological polar surface area (TPSA) is 109 Å². The van der Waals surface area contributed by atoms with Crippen LogP contribution in [0.25, 0.3) is 0 Å². The van der Waals surface area contributed by atoms with Crippen molar-refractivity contribution in [3.63, 3.8) is 0 Å². The number of rotatable bonds is 10. The predicted molar refractivity (Wildman–Crippen MR) is 92.3 cm³/mol. The van der Waals surface area contributed by atoms with Crippen LogP contribution in [0.3, 0.4) is 0 Å². The van der Waals surface area contributed by atoms with Crippen LogP contribution in [0, 0.1) is 0 Å². The van der Waals surface area contributed by atoms with Gasteiger partial charge in [-0.1, -0.05) is 15.5 Å². The molecule has 0 aromatic carbocycles. The quantitative estimate of drug-likeness (QED) is 0.258. The number of carbonyl (C=O) groups is 2. The van der Waals surface area contributed by atoms with Gasteiger partial charge in [-0.25, -0.2) is 0 Å². The fourth-order valence-electron chi connectivity index (χ4n) is 1.69. The molecule has 0 fully saturated rings. The Morgan fingerprint density at radius 1 is 1.32 bits per heavy atom.